The molecule has 0 saturated carbocycles. The van der Waals surface area contributed by atoms with Crippen LogP contribution in [0.4, 0.5) is 0 Å². The van der Waals surface area contributed by atoms with Crippen molar-refractivity contribution in [1.29, 1.82) is 0 Å². The number of rotatable bonds is 15. The van der Waals surface area contributed by atoms with Crippen LogP contribution in [0.2, 0.25) is 0 Å². The maximum Gasteiger partial charge on any atom is 0.335 e. The largest absolute Gasteiger partial charge is 0.478 e. The van der Waals surface area contributed by atoms with E-state index in [2.05, 4.69) is 0 Å². The molecule has 1 N–H and O–H groups in total. The second kappa shape index (κ2) is 12.7. The average molecular weight is 366 g/mol. The Morgan fingerprint density at radius 3 is 1.81 bits per heavy atom. The summed E-state index contributed by atoms with van der Waals surface area (Å²) in [7, 11) is 0. The Bertz CT molecular complexity index is 507. The number of Topliss-reactive ketones (excluding diaryl/α,β-unsaturated/α-hetero) is 1. The number of esters is 1. The lowest BCUT2D eigenvalue weighted by atomic mass is 10.00. The zero-order valence-electron chi connectivity index (χ0n) is 16.3. The van der Waals surface area contributed by atoms with E-state index in [0.717, 1.165) is 38.5 Å². The summed E-state index contributed by atoms with van der Waals surface area (Å²) >= 11 is 0. The molecule has 148 valence electrons. The van der Waals surface area contributed by atoms with Crippen LogP contribution in [-0.2, 0) is 19.1 Å². The summed E-state index contributed by atoms with van der Waals surface area (Å²) < 4.78 is 5.15. The van der Waals surface area contributed by atoms with Crippen LogP contribution in [-0.4, -0.2) is 28.9 Å². The first-order chi connectivity index (χ1) is 12.4. The number of carboxylic acids is 1. The van der Waals surface area contributed by atoms with Gasteiger partial charge in [-0.25, -0.2) is 9.59 Å². The van der Waals surface area contributed by atoms with Gasteiger partial charge in [-0.15, -0.1) is 0 Å². The zero-order valence-corrected chi connectivity index (χ0v) is 16.3. The van der Waals surface area contributed by atoms with Gasteiger partial charge < -0.3 is 14.6 Å². The summed E-state index contributed by atoms with van der Waals surface area (Å²) in [6.45, 7) is 3.18. The quantitative estimate of drug-likeness (QED) is 0.327. The Morgan fingerprint density at radius 1 is 0.885 bits per heavy atom. The van der Waals surface area contributed by atoms with E-state index in [9.17, 15) is 19.5 Å². The highest BCUT2D eigenvalue weighted by Crippen LogP contribution is 2.26. The van der Waals surface area contributed by atoms with Gasteiger partial charge in [0.1, 0.15) is 11.9 Å². The first-order valence-corrected chi connectivity index (χ1v) is 10.1. The lowest BCUT2D eigenvalue weighted by Crippen LogP contribution is -2.17. The van der Waals surface area contributed by atoms with Crippen LogP contribution in [0.3, 0.4) is 0 Å². The van der Waals surface area contributed by atoms with E-state index in [1.54, 1.807) is 6.92 Å². The molecule has 0 aliphatic carbocycles. The molecule has 5 heteroatoms. The number of cyclic esters (lactones) is 1. The van der Waals surface area contributed by atoms with Crippen LogP contribution in [0.1, 0.15) is 97.3 Å². The standard InChI is InChI=1S/C21H34O5/c1-16(22)14-12-10-8-6-4-3-5-7-9-11-13-15-18-19(20(23)24)17(2)21(25)26-18/h18H,3-15H2,1-2H3,(H,23,24)/t18-/m1/s1. The minimum Gasteiger partial charge on any atom is -0.478 e. The lowest BCUT2D eigenvalue weighted by Gasteiger charge is -2.11. The highest BCUT2D eigenvalue weighted by Gasteiger charge is 2.35. The minimum atomic E-state index is -1.04. The fraction of sp³-hybridized carbons (Fsp3) is 0.762. The summed E-state index contributed by atoms with van der Waals surface area (Å²) in [4.78, 5) is 33.5. The van der Waals surface area contributed by atoms with Crippen molar-refractivity contribution in [2.45, 2.75) is 103 Å². The highest BCUT2D eigenvalue weighted by atomic mass is 16.5. The minimum absolute atomic E-state index is 0.137. The zero-order chi connectivity index (χ0) is 19.4. The van der Waals surface area contributed by atoms with E-state index >= 15 is 0 Å². The number of ether oxygens (including phenoxy) is 1. The molecule has 1 heterocycles. The first kappa shape index (κ1) is 22.4. The van der Waals surface area contributed by atoms with Crippen LogP contribution in [0.5, 0.6) is 0 Å². The maximum absolute atomic E-state index is 11.5. The number of carbonyl (C=O) groups is 3. The van der Waals surface area contributed by atoms with Crippen molar-refractivity contribution >= 4 is 17.7 Å². The summed E-state index contributed by atoms with van der Waals surface area (Å²) in [5.41, 5.74) is 0.377. The van der Waals surface area contributed by atoms with Gasteiger partial charge in [-0.3, -0.25) is 0 Å². The maximum atomic E-state index is 11.5. The summed E-state index contributed by atoms with van der Waals surface area (Å²) in [5.74, 6) is -1.24. The van der Waals surface area contributed by atoms with Crippen LogP contribution < -0.4 is 0 Å². The number of hydrogen-bond acceptors (Lipinski definition) is 4. The molecule has 1 aliphatic rings. The van der Waals surface area contributed by atoms with Gasteiger partial charge in [-0.05, 0) is 33.1 Å². The molecule has 0 aromatic carbocycles. The molecular weight excluding hydrogens is 332 g/mol. The molecule has 0 radical (unpaired) electrons. The van der Waals surface area contributed by atoms with Crippen molar-refractivity contribution in [3.05, 3.63) is 11.1 Å². The van der Waals surface area contributed by atoms with Crippen molar-refractivity contribution in [2.24, 2.45) is 0 Å². The summed E-state index contributed by atoms with van der Waals surface area (Å²) in [6.07, 6.45) is 13.5. The Hall–Kier alpha value is -1.65. The second-order valence-electron chi connectivity index (χ2n) is 7.37. The third-order valence-corrected chi connectivity index (χ3v) is 5.01. The number of aliphatic carboxylic acids is 1. The van der Waals surface area contributed by atoms with Crippen LogP contribution in [0.15, 0.2) is 11.1 Å². The van der Waals surface area contributed by atoms with Gasteiger partial charge in [-0.1, -0.05) is 57.8 Å². The molecule has 0 aromatic rings. The summed E-state index contributed by atoms with van der Waals surface area (Å²) in [5, 5.41) is 9.18. The fourth-order valence-electron chi connectivity index (χ4n) is 3.42. The van der Waals surface area contributed by atoms with E-state index in [4.69, 9.17) is 4.74 Å². The Balaban J connectivity index is 1.95. The molecular formula is C21H34O5. The van der Waals surface area contributed by atoms with Gasteiger partial charge in [0.15, 0.2) is 0 Å². The van der Waals surface area contributed by atoms with Crippen molar-refractivity contribution in [3.63, 3.8) is 0 Å². The predicted molar refractivity (Wildman–Crippen MR) is 101 cm³/mol. The number of ketones is 1. The number of hydrogen-bond donors (Lipinski definition) is 1. The molecule has 0 bridgehead atoms. The van der Waals surface area contributed by atoms with Gasteiger partial charge in [0.25, 0.3) is 0 Å². The molecule has 0 saturated heterocycles. The van der Waals surface area contributed by atoms with Gasteiger partial charge >= 0.3 is 11.9 Å². The SMILES string of the molecule is CC(=O)CCCCCCCCCCCCC[C@H]1OC(=O)C(C)=C1C(=O)O. The average Bonchev–Trinajstić information content (AvgIpc) is 2.86. The van der Waals surface area contributed by atoms with Crippen molar-refractivity contribution < 1.29 is 24.2 Å². The molecule has 1 atom stereocenters. The molecule has 1 rings (SSSR count). The van der Waals surface area contributed by atoms with E-state index in [0.29, 0.717) is 12.2 Å². The Kier molecular flexibility index (Phi) is 10.9. The van der Waals surface area contributed by atoms with Gasteiger partial charge in [0, 0.05) is 12.0 Å². The Morgan fingerprint density at radius 2 is 1.35 bits per heavy atom. The second-order valence-corrected chi connectivity index (χ2v) is 7.37. The van der Waals surface area contributed by atoms with Crippen molar-refractivity contribution in [3.8, 4) is 0 Å². The van der Waals surface area contributed by atoms with Crippen LogP contribution in [0.25, 0.3) is 0 Å². The van der Waals surface area contributed by atoms with Gasteiger partial charge in [0.2, 0.25) is 0 Å². The smallest absolute Gasteiger partial charge is 0.335 e. The van der Waals surface area contributed by atoms with E-state index in [-0.39, 0.29) is 11.1 Å². The molecule has 0 unspecified atom stereocenters. The number of carbonyl (C=O) groups excluding carboxylic acids is 2. The van der Waals surface area contributed by atoms with Crippen molar-refractivity contribution in [2.75, 3.05) is 0 Å². The molecule has 5 nitrogen and oxygen atoms in total. The monoisotopic (exact) mass is 366 g/mol. The van der Waals surface area contributed by atoms with Gasteiger partial charge in [-0.2, -0.15) is 0 Å². The first-order valence-electron chi connectivity index (χ1n) is 10.1. The van der Waals surface area contributed by atoms with E-state index < -0.39 is 18.0 Å². The van der Waals surface area contributed by atoms with E-state index in [1.807, 2.05) is 0 Å². The molecule has 0 aromatic heterocycles. The lowest BCUT2D eigenvalue weighted by molar-refractivity contribution is -0.140. The Labute approximate surface area is 157 Å². The third kappa shape index (κ3) is 8.63. The van der Waals surface area contributed by atoms with E-state index in [1.165, 1.54) is 45.4 Å². The third-order valence-electron chi connectivity index (χ3n) is 5.01. The fourth-order valence-corrected chi connectivity index (χ4v) is 3.42. The van der Waals surface area contributed by atoms with Crippen LogP contribution in [0, 0.1) is 0 Å². The topological polar surface area (TPSA) is 80.7 Å². The number of unbranched alkanes of at least 4 members (excludes halogenated alkanes) is 10. The van der Waals surface area contributed by atoms with Crippen molar-refractivity contribution in [1.82, 2.24) is 0 Å². The molecule has 0 amide bonds. The molecule has 26 heavy (non-hydrogen) atoms. The summed E-state index contributed by atoms with van der Waals surface area (Å²) in [6, 6.07) is 0. The molecule has 0 fully saturated rings. The van der Waals surface area contributed by atoms with Gasteiger partial charge in [0.05, 0.1) is 5.57 Å². The number of carboxylic acid groups (broad SMARTS) is 1. The molecule has 1 aliphatic heterocycles. The van der Waals surface area contributed by atoms with Crippen LogP contribution >= 0.6 is 0 Å². The highest BCUT2D eigenvalue weighted by molar-refractivity contribution is 6.03. The predicted octanol–water partition coefficient (Wildman–Crippen LogP) is 4.97. The molecule has 0 spiro atoms. The normalized spacial score (nSPS) is 16.8.